The molecule has 3 aromatic rings. The number of carbonyl (C=O) groups excluding carboxylic acids is 2. The van der Waals surface area contributed by atoms with E-state index >= 15 is 0 Å². The highest BCUT2D eigenvalue weighted by Gasteiger charge is 2.32. The largest absolute Gasteiger partial charge is 0.490 e. The third kappa shape index (κ3) is 9.16. The molecule has 14 nitrogen and oxygen atoms in total. The quantitative estimate of drug-likeness (QED) is 0.0649. The number of rotatable bonds is 16. The van der Waals surface area contributed by atoms with Crippen molar-refractivity contribution in [2.45, 2.75) is 39.6 Å². The number of hydrogen-bond donors (Lipinski definition) is 5. The summed E-state index contributed by atoms with van der Waals surface area (Å²) in [5.41, 5.74) is 5.48. The van der Waals surface area contributed by atoms with Gasteiger partial charge in [0.15, 0.2) is 29.2 Å². The second kappa shape index (κ2) is 16.7. The zero-order valence-corrected chi connectivity index (χ0v) is 26.9. The zero-order valence-electron chi connectivity index (χ0n) is 26.9. The minimum atomic E-state index is -1.18. The number of urea groups is 1. The first kappa shape index (κ1) is 35.1. The number of aliphatic hydroxyl groups excluding tert-OH is 1. The van der Waals surface area contributed by atoms with Gasteiger partial charge in [0, 0.05) is 5.70 Å². The van der Waals surface area contributed by atoms with Crippen molar-refractivity contribution in [2.24, 2.45) is 5.10 Å². The van der Waals surface area contributed by atoms with Crippen molar-refractivity contribution < 1.29 is 48.3 Å². The average molecular weight is 663 g/mol. The van der Waals surface area contributed by atoms with Crippen LogP contribution in [0.3, 0.4) is 0 Å². The summed E-state index contributed by atoms with van der Waals surface area (Å²) in [6.07, 6.45) is 0.319. The van der Waals surface area contributed by atoms with Crippen molar-refractivity contribution in [1.29, 1.82) is 0 Å². The van der Waals surface area contributed by atoms with Gasteiger partial charge in [-0.2, -0.15) is 5.10 Å². The van der Waals surface area contributed by atoms with E-state index in [1.165, 1.54) is 25.5 Å². The Balaban J connectivity index is 1.36. The molecular formula is C34H38N4O10. The second-order valence-electron chi connectivity index (χ2n) is 10.3. The van der Waals surface area contributed by atoms with Gasteiger partial charge in [0.25, 0.3) is 0 Å². The van der Waals surface area contributed by atoms with Gasteiger partial charge in [0.05, 0.1) is 43.7 Å². The van der Waals surface area contributed by atoms with Crippen LogP contribution in [0.15, 0.2) is 77.0 Å². The number of esters is 1. The SMILES string of the molecule is CCOc1cc(/C=N\N[C@@H](O)COc2ccc([C@H]3NC(=O)NC(C)=C3C(=O)OC)cc2OCC)ccc1OCc1ccc(C(=O)O)cc1. The predicted octanol–water partition coefficient (Wildman–Crippen LogP) is 3.88. The third-order valence-electron chi connectivity index (χ3n) is 6.97. The molecular weight excluding hydrogens is 624 g/mol. The average Bonchev–Trinajstić information content (AvgIpc) is 3.07. The molecule has 1 aliphatic heterocycles. The molecule has 0 unspecified atom stereocenters. The van der Waals surface area contributed by atoms with E-state index in [4.69, 9.17) is 28.8 Å². The molecule has 254 valence electrons. The highest BCUT2D eigenvalue weighted by atomic mass is 16.5. The van der Waals surface area contributed by atoms with Gasteiger partial charge in [-0.05, 0) is 79.9 Å². The van der Waals surface area contributed by atoms with Crippen LogP contribution in [0.25, 0.3) is 0 Å². The van der Waals surface area contributed by atoms with Gasteiger partial charge in [0.1, 0.15) is 13.2 Å². The number of aromatic carboxylic acids is 1. The molecule has 0 fully saturated rings. The fraction of sp³-hybridized carbons (Fsp3) is 0.294. The van der Waals surface area contributed by atoms with Crippen LogP contribution in [0.5, 0.6) is 23.0 Å². The number of nitrogens with zero attached hydrogens (tertiary/aromatic N) is 1. The highest BCUT2D eigenvalue weighted by molar-refractivity contribution is 5.95. The Bertz CT molecular complexity index is 1670. The Labute approximate surface area is 277 Å². The normalized spacial score (nSPS) is 14.9. The number of carboxylic acid groups (broad SMARTS) is 1. The smallest absolute Gasteiger partial charge is 0.337 e. The first-order valence-electron chi connectivity index (χ1n) is 15.1. The molecule has 14 heteroatoms. The van der Waals surface area contributed by atoms with Gasteiger partial charge >= 0.3 is 18.0 Å². The summed E-state index contributed by atoms with van der Waals surface area (Å²) in [5, 5.41) is 29.0. The van der Waals surface area contributed by atoms with Crippen molar-refractivity contribution >= 4 is 24.2 Å². The van der Waals surface area contributed by atoms with Gasteiger partial charge < -0.3 is 44.5 Å². The molecule has 0 aromatic heterocycles. The summed E-state index contributed by atoms with van der Waals surface area (Å²) in [6.45, 7) is 6.02. The Hall–Kier alpha value is -5.76. The number of hydrazone groups is 1. The topological polar surface area (TPSA) is 186 Å². The Morgan fingerprint density at radius 1 is 0.938 bits per heavy atom. The minimum absolute atomic E-state index is 0.183. The Morgan fingerprint density at radius 2 is 1.60 bits per heavy atom. The van der Waals surface area contributed by atoms with E-state index in [-0.39, 0.29) is 24.4 Å². The lowest BCUT2D eigenvalue weighted by Gasteiger charge is -2.28. The lowest BCUT2D eigenvalue weighted by molar-refractivity contribution is -0.136. The standard InChI is InChI=1S/C34H38N4O10/c1-5-45-27-15-22(9-13-25(27)47-18-21-7-10-23(11-8-21)32(40)41)17-35-38-29(39)19-48-26-14-12-24(16-28(26)46-6-2)31-30(33(42)44-4)20(3)36-34(43)37-31/h7-17,29,31,38-39H,5-6,18-19H2,1-4H3,(H,40,41)(H2,36,37,43)/b35-17-/t29-,31+/m0/s1. The molecule has 2 atom stereocenters. The van der Waals surface area contributed by atoms with E-state index in [2.05, 4.69) is 21.2 Å². The van der Waals surface area contributed by atoms with E-state index in [9.17, 15) is 19.5 Å². The van der Waals surface area contributed by atoms with E-state index < -0.39 is 30.2 Å². The Morgan fingerprint density at radius 3 is 2.27 bits per heavy atom. The predicted molar refractivity (Wildman–Crippen MR) is 174 cm³/mol. The second-order valence-corrected chi connectivity index (χ2v) is 10.3. The van der Waals surface area contributed by atoms with Crippen LogP contribution >= 0.6 is 0 Å². The van der Waals surface area contributed by atoms with Crippen LogP contribution in [0.4, 0.5) is 4.79 Å². The van der Waals surface area contributed by atoms with Crippen molar-refractivity contribution in [2.75, 3.05) is 26.9 Å². The molecule has 4 rings (SSSR count). The van der Waals surface area contributed by atoms with Crippen molar-refractivity contribution in [3.05, 3.63) is 94.2 Å². The summed E-state index contributed by atoms with van der Waals surface area (Å²) in [5.74, 6) is 0.102. The number of hydrogen-bond acceptors (Lipinski definition) is 11. The van der Waals surface area contributed by atoms with Gasteiger partial charge in [-0.3, -0.25) is 5.43 Å². The van der Waals surface area contributed by atoms with Gasteiger partial charge in [-0.1, -0.05) is 18.2 Å². The lowest BCUT2D eigenvalue weighted by Crippen LogP contribution is -2.45. The molecule has 3 aromatic carbocycles. The number of allylic oxidation sites excluding steroid dienone is 1. The fourth-order valence-corrected chi connectivity index (χ4v) is 4.72. The van der Waals surface area contributed by atoms with Crippen LogP contribution in [0.2, 0.25) is 0 Å². The number of aliphatic hydroxyl groups is 1. The number of carboxylic acids is 1. The van der Waals surface area contributed by atoms with E-state index in [0.29, 0.717) is 53.0 Å². The molecule has 2 amide bonds. The van der Waals surface area contributed by atoms with Crippen LogP contribution in [-0.2, 0) is 16.1 Å². The number of benzene rings is 3. The number of ether oxygens (including phenoxy) is 5. The van der Waals surface area contributed by atoms with Gasteiger partial charge in [-0.25, -0.2) is 14.4 Å². The van der Waals surface area contributed by atoms with Crippen LogP contribution < -0.4 is 35.0 Å². The molecule has 0 spiro atoms. The molecule has 0 aliphatic carbocycles. The number of amides is 2. The van der Waals surface area contributed by atoms with E-state index in [0.717, 1.165) is 5.56 Å². The Kier molecular flexibility index (Phi) is 12.2. The van der Waals surface area contributed by atoms with Gasteiger partial charge in [-0.15, -0.1) is 0 Å². The van der Waals surface area contributed by atoms with Crippen LogP contribution in [0.1, 0.15) is 53.9 Å². The van der Waals surface area contributed by atoms with Crippen molar-refractivity contribution in [3.63, 3.8) is 0 Å². The zero-order chi connectivity index (χ0) is 34.6. The summed E-state index contributed by atoms with van der Waals surface area (Å²) >= 11 is 0. The molecule has 48 heavy (non-hydrogen) atoms. The van der Waals surface area contributed by atoms with Crippen molar-refractivity contribution in [1.82, 2.24) is 16.1 Å². The maximum atomic E-state index is 12.5. The molecule has 0 bridgehead atoms. The van der Waals surface area contributed by atoms with Crippen LogP contribution in [-0.4, -0.2) is 67.6 Å². The first-order valence-corrected chi connectivity index (χ1v) is 15.1. The third-order valence-corrected chi connectivity index (χ3v) is 6.97. The summed E-state index contributed by atoms with van der Waals surface area (Å²) < 4.78 is 28.1. The number of methoxy groups -OCH3 is 1. The monoisotopic (exact) mass is 662 g/mol. The van der Waals surface area contributed by atoms with E-state index in [1.807, 2.05) is 6.92 Å². The molecule has 1 heterocycles. The number of nitrogens with one attached hydrogen (secondary N) is 3. The minimum Gasteiger partial charge on any atom is -0.490 e. The summed E-state index contributed by atoms with van der Waals surface area (Å²) in [7, 11) is 1.27. The molecule has 0 radical (unpaired) electrons. The summed E-state index contributed by atoms with van der Waals surface area (Å²) in [4.78, 5) is 35.7. The summed E-state index contributed by atoms with van der Waals surface area (Å²) in [6, 6.07) is 15.4. The molecule has 1 aliphatic rings. The number of carbonyl (C=O) groups is 3. The van der Waals surface area contributed by atoms with E-state index in [1.54, 1.807) is 62.4 Å². The lowest BCUT2D eigenvalue weighted by atomic mass is 9.95. The first-order chi connectivity index (χ1) is 23.1. The maximum absolute atomic E-state index is 12.5. The van der Waals surface area contributed by atoms with Crippen LogP contribution in [0, 0.1) is 0 Å². The molecule has 0 saturated carbocycles. The van der Waals surface area contributed by atoms with Crippen molar-refractivity contribution in [3.8, 4) is 23.0 Å². The highest BCUT2D eigenvalue weighted by Crippen LogP contribution is 2.35. The van der Waals surface area contributed by atoms with Gasteiger partial charge in [0.2, 0.25) is 0 Å². The molecule has 0 saturated heterocycles. The molecule has 5 N–H and O–H groups in total. The fourth-order valence-electron chi connectivity index (χ4n) is 4.72. The maximum Gasteiger partial charge on any atom is 0.337 e.